The predicted octanol–water partition coefficient (Wildman–Crippen LogP) is 2.93. The van der Waals surface area contributed by atoms with Crippen LogP contribution < -0.4 is 10.1 Å². The zero-order chi connectivity index (χ0) is 14.2. The van der Waals surface area contributed by atoms with Gasteiger partial charge in [0, 0.05) is 0 Å². The van der Waals surface area contributed by atoms with E-state index in [0.29, 0.717) is 19.6 Å². The normalized spacial score (nSPS) is 10.2. The highest BCUT2D eigenvalue weighted by atomic mass is 16.5. The van der Waals surface area contributed by atoms with E-state index >= 15 is 0 Å². The molecule has 2 aromatic rings. The van der Waals surface area contributed by atoms with Crippen LogP contribution >= 0.6 is 0 Å². The van der Waals surface area contributed by atoms with Crippen molar-refractivity contribution in [3.8, 4) is 5.75 Å². The summed E-state index contributed by atoms with van der Waals surface area (Å²) in [5, 5.41) is 2.78. The van der Waals surface area contributed by atoms with Crippen LogP contribution in [-0.4, -0.2) is 12.5 Å². The number of hydrogen-bond acceptors (Lipinski definition) is 3. The van der Waals surface area contributed by atoms with Crippen molar-refractivity contribution in [2.24, 2.45) is 0 Å². The molecular formula is C16H19NO3. The minimum absolute atomic E-state index is 0.0495. The van der Waals surface area contributed by atoms with E-state index in [1.54, 1.807) is 12.3 Å². The molecule has 1 N–H and O–H groups in total. The molecule has 0 unspecified atom stereocenters. The van der Waals surface area contributed by atoms with Crippen molar-refractivity contribution < 1.29 is 13.9 Å². The number of carbonyl (C=O) groups excluding carboxylic acids is 1. The van der Waals surface area contributed by atoms with Gasteiger partial charge in [-0.2, -0.15) is 0 Å². The molecule has 1 amide bonds. The summed E-state index contributed by atoms with van der Waals surface area (Å²) in [4.78, 5) is 11.6. The molecule has 0 aliphatic heterocycles. The topological polar surface area (TPSA) is 51.5 Å². The van der Waals surface area contributed by atoms with Crippen molar-refractivity contribution in [1.29, 1.82) is 0 Å². The maximum Gasteiger partial charge on any atom is 0.223 e. The third-order valence-electron chi connectivity index (χ3n) is 2.97. The number of ether oxygens (including phenoxy) is 1. The average molecular weight is 273 g/mol. The zero-order valence-corrected chi connectivity index (χ0v) is 11.6. The minimum atomic E-state index is -0.0495. The SMILES string of the molecule is CCc1ccc(OCCC(=O)NCc2ccco2)cc1. The van der Waals surface area contributed by atoms with Gasteiger partial charge in [-0.3, -0.25) is 4.79 Å². The molecule has 4 nitrogen and oxygen atoms in total. The Bertz CT molecular complexity index is 517. The standard InChI is InChI=1S/C16H19NO3/c1-2-13-5-7-14(8-6-13)20-11-9-16(18)17-12-15-4-3-10-19-15/h3-8,10H,2,9,11-12H2,1H3,(H,17,18). The van der Waals surface area contributed by atoms with Gasteiger partial charge < -0.3 is 14.5 Å². The summed E-state index contributed by atoms with van der Waals surface area (Å²) in [5.74, 6) is 1.49. The number of benzene rings is 1. The van der Waals surface area contributed by atoms with Gasteiger partial charge in [0.05, 0.1) is 25.8 Å². The van der Waals surface area contributed by atoms with E-state index in [-0.39, 0.29) is 5.91 Å². The minimum Gasteiger partial charge on any atom is -0.493 e. The lowest BCUT2D eigenvalue weighted by atomic mass is 10.2. The van der Waals surface area contributed by atoms with E-state index in [2.05, 4.69) is 12.2 Å². The van der Waals surface area contributed by atoms with E-state index in [9.17, 15) is 4.79 Å². The van der Waals surface area contributed by atoms with Crippen molar-refractivity contribution in [3.63, 3.8) is 0 Å². The third-order valence-corrected chi connectivity index (χ3v) is 2.97. The van der Waals surface area contributed by atoms with Crippen LogP contribution in [0.25, 0.3) is 0 Å². The maximum atomic E-state index is 11.6. The Kier molecular flexibility index (Phi) is 5.24. The summed E-state index contributed by atoms with van der Waals surface area (Å²) in [6.07, 6.45) is 2.93. The second-order valence-corrected chi connectivity index (χ2v) is 4.45. The van der Waals surface area contributed by atoms with E-state index in [4.69, 9.17) is 9.15 Å². The number of nitrogens with one attached hydrogen (secondary N) is 1. The van der Waals surface area contributed by atoms with E-state index in [0.717, 1.165) is 17.9 Å². The van der Waals surface area contributed by atoms with Gasteiger partial charge in [-0.1, -0.05) is 19.1 Å². The second kappa shape index (κ2) is 7.38. The molecule has 4 heteroatoms. The highest BCUT2D eigenvalue weighted by molar-refractivity contribution is 5.75. The van der Waals surface area contributed by atoms with Gasteiger partial charge in [-0.05, 0) is 36.2 Å². The molecule has 106 valence electrons. The average Bonchev–Trinajstić information content (AvgIpc) is 2.99. The Morgan fingerprint density at radius 3 is 2.70 bits per heavy atom. The van der Waals surface area contributed by atoms with Gasteiger partial charge in [0.25, 0.3) is 0 Å². The molecule has 1 heterocycles. The van der Waals surface area contributed by atoms with Crippen LogP contribution in [0.2, 0.25) is 0 Å². The van der Waals surface area contributed by atoms with Gasteiger partial charge in [-0.15, -0.1) is 0 Å². The first-order valence-corrected chi connectivity index (χ1v) is 6.78. The smallest absolute Gasteiger partial charge is 0.223 e. The Balaban J connectivity index is 1.65. The summed E-state index contributed by atoms with van der Waals surface area (Å²) in [6.45, 7) is 2.89. The largest absolute Gasteiger partial charge is 0.493 e. The van der Waals surface area contributed by atoms with Crippen LogP contribution in [0.1, 0.15) is 24.7 Å². The Morgan fingerprint density at radius 1 is 1.25 bits per heavy atom. The highest BCUT2D eigenvalue weighted by Gasteiger charge is 2.03. The number of carbonyl (C=O) groups is 1. The number of amides is 1. The van der Waals surface area contributed by atoms with E-state index in [1.807, 2.05) is 30.3 Å². The van der Waals surface area contributed by atoms with Crippen LogP contribution in [0.5, 0.6) is 5.75 Å². The summed E-state index contributed by atoms with van der Waals surface area (Å²) in [7, 11) is 0. The van der Waals surface area contributed by atoms with Crippen LogP contribution in [0.15, 0.2) is 47.1 Å². The molecule has 0 radical (unpaired) electrons. The second-order valence-electron chi connectivity index (χ2n) is 4.45. The van der Waals surface area contributed by atoms with Gasteiger partial charge in [0.1, 0.15) is 11.5 Å². The molecule has 0 saturated heterocycles. The van der Waals surface area contributed by atoms with Gasteiger partial charge in [0.2, 0.25) is 5.91 Å². The maximum absolute atomic E-state index is 11.6. The fourth-order valence-electron chi connectivity index (χ4n) is 1.77. The molecular weight excluding hydrogens is 254 g/mol. The molecule has 0 spiro atoms. The van der Waals surface area contributed by atoms with Crippen LogP contribution in [0.3, 0.4) is 0 Å². The van der Waals surface area contributed by atoms with Crippen molar-refractivity contribution >= 4 is 5.91 Å². The molecule has 0 aliphatic rings. The molecule has 0 bridgehead atoms. The van der Waals surface area contributed by atoms with Crippen molar-refractivity contribution in [2.45, 2.75) is 26.3 Å². The fraction of sp³-hybridized carbons (Fsp3) is 0.312. The molecule has 0 aliphatic carbocycles. The third kappa shape index (κ3) is 4.46. The molecule has 20 heavy (non-hydrogen) atoms. The first-order valence-electron chi connectivity index (χ1n) is 6.78. The molecule has 0 fully saturated rings. The van der Waals surface area contributed by atoms with Crippen molar-refractivity contribution in [3.05, 3.63) is 54.0 Å². The summed E-state index contributed by atoms with van der Waals surface area (Å²) in [5.41, 5.74) is 1.27. The summed E-state index contributed by atoms with van der Waals surface area (Å²) >= 11 is 0. The summed E-state index contributed by atoms with van der Waals surface area (Å²) < 4.78 is 10.7. The first kappa shape index (κ1) is 14.2. The van der Waals surface area contributed by atoms with Crippen molar-refractivity contribution in [1.82, 2.24) is 5.32 Å². The lowest BCUT2D eigenvalue weighted by Gasteiger charge is -2.07. The highest BCUT2D eigenvalue weighted by Crippen LogP contribution is 2.12. The van der Waals surface area contributed by atoms with Gasteiger partial charge in [0.15, 0.2) is 0 Å². The lowest BCUT2D eigenvalue weighted by Crippen LogP contribution is -2.24. The monoisotopic (exact) mass is 273 g/mol. The molecule has 1 aromatic carbocycles. The number of aryl methyl sites for hydroxylation is 1. The fourth-order valence-corrected chi connectivity index (χ4v) is 1.77. The molecule has 1 aromatic heterocycles. The lowest BCUT2D eigenvalue weighted by molar-refractivity contribution is -0.121. The Labute approximate surface area is 118 Å². The zero-order valence-electron chi connectivity index (χ0n) is 11.6. The van der Waals surface area contributed by atoms with Crippen molar-refractivity contribution in [2.75, 3.05) is 6.61 Å². The van der Waals surface area contributed by atoms with E-state index < -0.39 is 0 Å². The predicted molar refractivity (Wildman–Crippen MR) is 76.5 cm³/mol. The molecule has 0 saturated carbocycles. The van der Waals surface area contributed by atoms with Crippen LogP contribution in [0.4, 0.5) is 0 Å². The number of furan rings is 1. The number of rotatable bonds is 7. The van der Waals surface area contributed by atoms with Crippen LogP contribution in [0, 0.1) is 0 Å². The van der Waals surface area contributed by atoms with Gasteiger partial charge >= 0.3 is 0 Å². The number of hydrogen-bond donors (Lipinski definition) is 1. The molecule has 0 atom stereocenters. The quantitative estimate of drug-likeness (QED) is 0.844. The summed E-state index contributed by atoms with van der Waals surface area (Å²) in [6, 6.07) is 11.6. The Morgan fingerprint density at radius 2 is 2.05 bits per heavy atom. The van der Waals surface area contributed by atoms with Crippen LogP contribution in [-0.2, 0) is 17.8 Å². The van der Waals surface area contributed by atoms with E-state index in [1.165, 1.54) is 5.56 Å². The Hall–Kier alpha value is -2.23. The first-order chi connectivity index (χ1) is 9.78. The van der Waals surface area contributed by atoms with Gasteiger partial charge in [-0.25, -0.2) is 0 Å². The molecule has 2 rings (SSSR count).